The molecule has 0 spiro atoms. The van der Waals surface area contributed by atoms with Crippen LogP contribution in [-0.4, -0.2) is 50.9 Å². The molecule has 5 rings (SSSR count). The van der Waals surface area contributed by atoms with Gasteiger partial charge in [0.15, 0.2) is 0 Å². The lowest BCUT2D eigenvalue weighted by atomic mass is 9.94. The molecule has 0 saturated heterocycles. The third-order valence-corrected chi connectivity index (χ3v) is 11.0. The molecule has 1 atom stereocenters. The summed E-state index contributed by atoms with van der Waals surface area (Å²) in [6.45, 7) is -0.538. The van der Waals surface area contributed by atoms with E-state index in [9.17, 15) is 18.0 Å². The van der Waals surface area contributed by atoms with Crippen molar-refractivity contribution in [3.63, 3.8) is 0 Å². The van der Waals surface area contributed by atoms with Crippen molar-refractivity contribution in [3.05, 3.63) is 124 Å². The zero-order valence-corrected chi connectivity index (χ0v) is 29.9. The monoisotopic (exact) mass is 751 g/mol. The first-order chi connectivity index (χ1) is 23.2. The molecule has 1 fully saturated rings. The van der Waals surface area contributed by atoms with Gasteiger partial charge in [0.25, 0.3) is 10.0 Å². The van der Waals surface area contributed by atoms with Gasteiger partial charge in [-0.25, -0.2) is 8.42 Å². The molecule has 4 aromatic rings. The van der Waals surface area contributed by atoms with Crippen LogP contribution >= 0.6 is 27.5 Å². The van der Waals surface area contributed by atoms with Crippen LogP contribution in [0.4, 0.5) is 5.69 Å². The Hall–Kier alpha value is -3.86. The van der Waals surface area contributed by atoms with E-state index in [1.165, 1.54) is 30.2 Å². The van der Waals surface area contributed by atoms with Crippen LogP contribution in [0.2, 0.25) is 5.02 Å². The number of sulfonamides is 1. The molecule has 1 saturated carbocycles. The van der Waals surface area contributed by atoms with E-state index in [0.29, 0.717) is 0 Å². The molecule has 11 heteroatoms. The first kappa shape index (κ1) is 35.4. The number of carbonyl (C=O) groups excluding carboxylic acids is 2. The van der Waals surface area contributed by atoms with Crippen molar-refractivity contribution < 1.29 is 22.7 Å². The average Bonchev–Trinajstić information content (AvgIpc) is 3.09. The number of amides is 2. The summed E-state index contributed by atoms with van der Waals surface area (Å²) >= 11 is 9.90. The highest BCUT2D eigenvalue weighted by Gasteiger charge is 2.36. The third kappa shape index (κ3) is 8.98. The molecular weight excluding hydrogens is 714 g/mol. The van der Waals surface area contributed by atoms with Crippen LogP contribution in [0.3, 0.4) is 0 Å². The van der Waals surface area contributed by atoms with Crippen LogP contribution in [0.15, 0.2) is 112 Å². The molecule has 1 aliphatic carbocycles. The highest BCUT2D eigenvalue weighted by Crippen LogP contribution is 2.35. The standard InChI is InChI=1S/C37H39BrClN3O5S/c1-47-35-21-20-30(39)24-33(35)42(48(45,46)32-18-9-4-10-19-32)26-36(43)41(25-28-14-11-15-29(38)22-28)34(23-27-12-5-2-6-13-27)37(44)40-31-16-7-3-8-17-31/h2,4-6,9-15,18-22,24,31,34H,3,7-8,16-17,23,25-26H2,1H3,(H,40,44)/t34-/m0/s1. The smallest absolute Gasteiger partial charge is 0.264 e. The normalized spacial score (nSPS) is 14.1. The summed E-state index contributed by atoms with van der Waals surface area (Å²) in [6, 6.07) is 28.6. The van der Waals surface area contributed by atoms with Crippen molar-refractivity contribution in [2.45, 2.75) is 62.0 Å². The molecule has 0 aliphatic heterocycles. The third-order valence-electron chi connectivity index (χ3n) is 8.48. The van der Waals surface area contributed by atoms with Gasteiger partial charge >= 0.3 is 0 Å². The van der Waals surface area contributed by atoms with Gasteiger partial charge in [-0.05, 0) is 66.4 Å². The van der Waals surface area contributed by atoms with Crippen molar-refractivity contribution in [2.24, 2.45) is 0 Å². The van der Waals surface area contributed by atoms with Crippen molar-refractivity contribution in [3.8, 4) is 5.75 Å². The Kier molecular flexibility index (Phi) is 12.2. The van der Waals surface area contributed by atoms with E-state index in [-0.39, 0.29) is 46.3 Å². The number of benzene rings is 4. The van der Waals surface area contributed by atoms with Crippen LogP contribution in [0.5, 0.6) is 5.75 Å². The maximum atomic E-state index is 14.8. The van der Waals surface area contributed by atoms with Crippen LogP contribution in [-0.2, 0) is 32.6 Å². The highest BCUT2D eigenvalue weighted by atomic mass is 79.9. The quantitative estimate of drug-likeness (QED) is 0.154. The van der Waals surface area contributed by atoms with E-state index in [1.807, 2.05) is 54.6 Å². The maximum absolute atomic E-state index is 14.8. The highest BCUT2D eigenvalue weighted by molar-refractivity contribution is 9.10. The fourth-order valence-corrected chi connectivity index (χ4v) is 8.07. The van der Waals surface area contributed by atoms with E-state index in [2.05, 4.69) is 21.2 Å². The minimum absolute atomic E-state index is 0.00533. The number of methoxy groups -OCH3 is 1. The van der Waals surface area contributed by atoms with Crippen molar-refractivity contribution in [2.75, 3.05) is 18.0 Å². The predicted octanol–water partition coefficient (Wildman–Crippen LogP) is 7.40. The summed E-state index contributed by atoms with van der Waals surface area (Å²) in [5.41, 5.74) is 1.76. The Morgan fingerprint density at radius 3 is 2.23 bits per heavy atom. The number of hydrogen-bond acceptors (Lipinski definition) is 5. The van der Waals surface area contributed by atoms with Gasteiger partial charge in [-0.3, -0.25) is 13.9 Å². The molecular formula is C37H39BrClN3O5S. The number of hydrogen-bond donors (Lipinski definition) is 1. The Bertz CT molecular complexity index is 1800. The summed E-state index contributed by atoms with van der Waals surface area (Å²) in [5, 5.41) is 3.50. The van der Waals surface area contributed by atoms with Gasteiger partial charge in [-0.15, -0.1) is 0 Å². The van der Waals surface area contributed by atoms with E-state index in [0.717, 1.165) is 52.0 Å². The van der Waals surface area contributed by atoms with E-state index in [1.54, 1.807) is 30.3 Å². The summed E-state index contributed by atoms with van der Waals surface area (Å²) in [4.78, 5) is 30.5. The van der Waals surface area contributed by atoms with E-state index < -0.39 is 28.5 Å². The van der Waals surface area contributed by atoms with E-state index in [4.69, 9.17) is 16.3 Å². The second kappa shape index (κ2) is 16.5. The zero-order valence-electron chi connectivity index (χ0n) is 26.7. The number of carbonyl (C=O) groups is 2. The lowest BCUT2D eigenvalue weighted by Crippen LogP contribution is -2.55. The Morgan fingerprint density at radius 2 is 1.56 bits per heavy atom. The fraction of sp³-hybridized carbons (Fsp3) is 0.297. The molecule has 0 bridgehead atoms. The molecule has 252 valence electrons. The molecule has 48 heavy (non-hydrogen) atoms. The van der Waals surface area contributed by atoms with Crippen LogP contribution in [0.1, 0.15) is 43.2 Å². The van der Waals surface area contributed by atoms with Gasteiger partial charge < -0.3 is 15.0 Å². The Labute approximate surface area is 296 Å². The van der Waals surface area contributed by atoms with Crippen molar-refractivity contribution in [1.29, 1.82) is 0 Å². The minimum atomic E-state index is -4.30. The van der Waals surface area contributed by atoms with Crippen LogP contribution in [0, 0.1) is 0 Å². The Morgan fingerprint density at radius 1 is 0.896 bits per heavy atom. The predicted molar refractivity (Wildman–Crippen MR) is 193 cm³/mol. The van der Waals surface area contributed by atoms with Crippen LogP contribution in [0.25, 0.3) is 0 Å². The molecule has 2 amide bonds. The number of nitrogens with zero attached hydrogens (tertiary/aromatic N) is 2. The molecule has 0 radical (unpaired) electrons. The SMILES string of the molecule is COc1ccc(Cl)cc1N(CC(=O)N(Cc1cccc(Br)c1)[C@@H](Cc1ccccc1)C(=O)NC1CCCCC1)S(=O)(=O)c1ccccc1. The molecule has 0 heterocycles. The lowest BCUT2D eigenvalue weighted by Gasteiger charge is -2.35. The summed E-state index contributed by atoms with van der Waals surface area (Å²) < 4.78 is 36.0. The molecule has 0 unspecified atom stereocenters. The number of anilines is 1. The van der Waals surface area contributed by atoms with E-state index >= 15 is 0 Å². The Balaban J connectivity index is 1.60. The first-order valence-electron chi connectivity index (χ1n) is 16.0. The van der Waals surface area contributed by atoms with Gasteiger partial charge in [0.05, 0.1) is 17.7 Å². The first-order valence-corrected chi connectivity index (χ1v) is 18.6. The fourth-order valence-electron chi connectivity index (χ4n) is 6.02. The molecule has 4 aromatic carbocycles. The van der Waals surface area contributed by atoms with Gasteiger partial charge in [-0.2, -0.15) is 0 Å². The molecule has 8 nitrogen and oxygen atoms in total. The number of rotatable bonds is 13. The topological polar surface area (TPSA) is 96.0 Å². The lowest BCUT2D eigenvalue weighted by molar-refractivity contribution is -0.140. The molecule has 0 aromatic heterocycles. The average molecular weight is 753 g/mol. The van der Waals surface area contributed by atoms with Gasteiger partial charge in [0.1, 0.15) is 18.3 Å². The maximum Gasteiger partial charge on any atom is 0.264 e. The van der Waals surface area contributed by atoms with Crippen LogP contribution < -0.4 is 14.4 Å². The van der Waals surface area contributed by atoms with Crippen molar-refractivity contribution >= 4 is 55.1 Å². The van der Waals surface area contributed by atoms with Crippen molar-refractivity contribution in [1.82, 2.24) is 10.2 Å². The summed E-state index contributed by atoms with van der Waals surface area (Å²) in [6.07, 6.45) is 5.19. The molecule has 1 aliphatic rings. The number of halogens is 2. The second-order valence-electron chi connectivity index (χ2n) is 11.8. The largest absolute Gasteiger partial charge is 0.495 e. The molecule has 1 N–H and O–H groups in total. The van der Waals surface area contributed by atoms with Gasteiger partial charge in [-0.1, -0.05) is 107 Å². The number of nitrogens with one attached hydrogen (secondary N) is 1. The van der Waals surface area contributed by atoms with Gasteiger partial charge in [0, 0.05) is 28.5 Å². The van der Waals surface area contributed by atoms with Gasteiger partial charge in [0.2, 0.25) is 11.8 Å². The zero-order chi connectivity index (χ0) is 34.1. The summed E-state index contributed by atoms with van der Waals surface area (Å²) in [7, 11) is -2.88. The number of ether oxygens (including phenoxy) is 1. The second-order valence-corrected chi connectivity index (χ2v) is 15.1. The minimum Gasteiger partial charge on any atom is -0.495 e. The summed E-state index contributed by atoms with van der Waals surface area (Å²) in [5.74, 6) is -0.607.